The first-order chi connectivity index (χ1) is 8.85. The van der Waals surface area contributed by atoms with Crippen LogP contribution in [0.1, 0.15) is 25.8 Å². The molecule has 2 aromatic rings. The lowest BCUT2D eigenvalue weighted by Crippen LogP contribution is -1.98. The fourth-order valence-electron chi connectivity index (χ4n) is 1.80. The lowest BCUT2D eigenvalue weighted by molar-refractivity contribution is 0.318. The molecule has 3 heteroatoms. The van der Waals surface area contributed by atoms with Crippen molar-refractivity contribution in [1.29, 1.82) is 0 Å². The number of nitrogens with zero attached hydrogens (tertiary/aromatic N) is 2. The fourth-order valence-corrected chi connectivity index (χ4v) is 1.80. The van der Waals surface area contributed by atoms with Crippen molar-refractivity contribution in [2.45, 2.75) is 26.7 Å². The van der Waals surface area contributed by atoms with Crippen molar-refractivity contribution in [1.82, 2.24) is 9.97 Å². The van der Waals surface area contributed by atoms with Crippen molar-refractivity contribution >= 4 is 0 Å². The topological polar surface area (TPSA) is 35.0 Å². The molecule has 0 unspecified atom stereocenters. The van der Waals surface area contributed by atoms with Crippen molar-refractivity contribution in [3.05, 3.63) is 42.5 Å². The Morgan fingerprint density at radius 1 is 1.11 bits per heavy atom. The highest BCUT2D eigenvalue weighted by Crippen LogP contribution is 2.30. The van der Waals surface area contributed by atoms with Crippen molar-refractivity contribution in [3.63, 3.8) is 0 Å². The van der Waals surface area contributed by atoms with Crippen LogP contribution in [0, 0.1) is 0 Å². The van der Waals surface area contributed by atoms with Crippen molar-refractivity contribution in [3.8, 4) is 16.9 Å². The first-order valence-electron chi connectivity index (χ1n) is 6.36. The van der Waals surface area contributed by atoms with Gasteiger partial charge >= 0.3 is 0 Å². The number of rotatable bonds is 5. The molecule has 0 aliphatic carbocycles. The highest BCUT2D eigenvalue weighted by molar-refractivity contribution is 5.69. The minimum Gasteiger partial charge on any atom is -0.493 e. The minimum absolute atomic E-state index is 0.728. The van der Waals surface area contributed by atoms with E-state index in [1.54, 1.807) is 6.33 Å². The van der Waals surface area contributed by atoms with Gasteiger partial charge in [-0.1, -0.05) is 19.9 Å². The summed E-state index contributed by atoms with van der Waals surface area (Å²) in [5.74, 6) is 0.906. The van der Waals surface area contributed by atoms with Gasteiger partial charge in [0.2, 0.25) is 0 Å². The second-order valence-corrected chi connectivity index (χ2v) is 4.16. The summed E-state index contributed by atoms with van der Waals surface area (Å²) < 4.78 is 5.78. The second-order valence-electron chi connectivity index (χ2n) is 4.16. The van der Waals surface area contributed by atoms with E-state index < -0.39 is 0 Å². The third-order valence-electron chi connectivity index (χ3n) is 2.79. The maximum absolute atomic E-state index is 5.78. The van der Waals surface area contributed by atoms with Gasteiger partial charge in [-0.05, 0) is 30.5 Å². The Kier molecular flexibility index (Phi) is 4.29. The van der Waals surface area contributed by atoms with E-state index in [1.165, 1.54) is 5.56 Å². The molecule has 0 radical (unpaired) electrons. The van der Waals surface area contributed by atoms with Gasteiger partial charge in [-0.15, -0.1) is 0 Å². The van der Waals surface area contributed by atoms with Crippen LogP contribution in [0.25, 0.3) is 11.1 Å². The molecule has 0 bridgehead atoms. The SMILES string of the molecule is CCCOc1ccc(CC)cc1-c1cncnc1. The average Bonchev–Trinajstić information content (AvgIpc) is 2.46. The van der Waals surface area contributed by atoms with E-state index in [0.717, 1.165) is 36.3 Å². The Balaban J connectivity index is 2.41. The van der Waals surface area contributed by atoms with Crippen LogP contribution in [0.15, 0.2) is 36.9 Å². The average molecular weight is 242 g/mol. The molecule has 0 aliphatic heterocycles. The molecular weight excluding hydrogens is 224 g/mol. The molecule has 0 amide bonds. The van der Waals surface area contributed by atoms with Crippen molar-refractivity contribution < 1.29 is 4.74 Å². The number of benzene rings is 1. The van der Waals surface area contributed by atoms with E-state index in [0.29, 0.717) is 0 Å². The molecule has 2 rings (SSSR count). The van der Waals surface area contributed by atoms with Crippen LogP contribution < -0.4 is 4.74 Å². The number of aryl methyl sites for hydroxylation is 1. The second kappa shape index (κ2) is 6.15. The standard InChI is InChI=1S/C15H18N2O/c1-3-7-18-15-6-5-12(4-2)8-14(15)13-9-16-11-17-10-13/h5-6,8-11H,3-4,7H2,1-2H3. The van der Waals surface area contributed by atoms with E-state index in [-0.39, 0.29) is 0 Å². The van der Waals surface area contributed by atoms with E-state index in [9.17, 15) is 0 Å². The molecular formula is C15H18N2O. The minimum atomic E-state index is 0.728. The Hall–Kier alpha value is -1.90. The maximum atomic E-state index is 5.78. The van der Waals surface area contributed by atoms with Gasteiger partial charge in [-0.25, -0.2) is 9.97 Å². The van der Waals surface area contributed by atoms with Crippen molar-refractivity contribution in [2.75, 3.05) is 6.61 Å². The first-order valence-corrected chi connectivity index (χ1v) is 6.36. The Bertz CT molecular complexity index is 497. The zero-order valence-corrected chi connectivity index (χ0v) is 10.9. The monoisotopic (exact) mass is 242 g/mol. The zero-order valence-electron chi connectivity index (χ0n) is 10.9. The molecule has 0 saturated carbocycles. The number of hydrogen-bond acceptors (Lipinski definition) is 3. The largest absolute Gasteiger partial charge is 0.493 e. The first kappa shape index (κ1) is 12.6. The van der Waals surface area contributed by atoms with Crippen LogP contribution in [0.3, 0.4) is 0 Å². The predicted octanol–water partition coefficient (Wildman–Crippen LogP) is 3.49. The maximum Gasteiger partial charge on any atom is 0.127 e. The summed E-state index contributed by atoms with van der Waals surface area (Å²) in [4.78, 5) is 8.14. The third-order valence-corrected chi connectivity index (χ3v) is 2.79. The Labute approximate surface area is 108 Å². The Morgan fingerprint density at radius 3 is 2.56 bits per heavy atom. The summed E-state index contributed by atoms with van der Waals surface area (Å²) in [6.45, 7) is 4.98. The van der Waals surface area contributed by atoms with E-state index in [1.807, 2.05) is 18.5 Å². The van der Waals surface area contributed by atoms with Gasteiger partial charge in [0.05, 0.1) is 6.61 Å². The quantitative estimate of drug-likeness (QED) is 0.805. The molecule has 94 valence electrons. The van der Waals surface area contributed by atoms with Crippen LogP contribution in [-0.2, 0) is 6.42 Å². The van der Waals surface area contributed by atoms with Crippen LogP contribution in [0.4, 0.5) is 0 Å². The van der Waals surface area contributed by atoms with Gasteiger partial charge in [-0.2, -0.15) is 0 Å². The van der Waals surface area contributed by atoms with E-state index >= 15 is 0 Å². The molecule has 1 heterocycles. The van der Waals surface area contributed by atoms with Gasteiger partial charge < -0.3 is 4.74 Å². The van der Waals surface area contributed by atoms with Gasteiger partial charge in [0.1, 0.15) is 12.1 Å². The molecule has 0 fully saturated rings. The summed E-state index contributed by atoms with van der Waals surface area (Å²) in [6, 6.07) is 6.30. The van der Waals surface area contributed by atoms with Gasteiger partial charge in [0.25, 0.3) is 0 Å². The normalized spacial score (nSPS) is 10.3. The summed E-state index contributed by atoms with van der Waals surface area (Å²) in [5.41, 5.74) is 3.36. The molecule has 1 aromatic carbocycles. The molecule has 0 aliphatic rings. The van der Waals surface area contributed by atoms with Crippen molar-refractivity contribution in [2.24, 2.45) is 0 Å². The molecule has 0 saturated heterocycles. The summed E-state index contributed by atoms with van der Waals surface area (Å²) in [5, 5.41) is 0. The lowest BCUT2D eigenvalue weighted by Gasteiger charge is -2.12. The zero-order chi connectivity index (χ0) is 12.8. The smallest absolute Gasteiger partial charge is 0.127 e. The number of aromatic nitrogens is 2. The van der Waals surface area contributed by atoms with Crippen LogP contribution in [-0.4, -0.2) is 16.6 Å². The molecule has 0 atom stereocenters. The highest BCUT2D eigenvalue weighted by atomic mass is 16.5. The molecule has 18 heavy (non-hydrogen) atoms. The van der Waals surface area contributed by atoms with Crippen LogP contribution >= 0.6 is 0 Å². The molecule has 1 aromatic heterocycles. The molecule has 0 spiro atoms. The number of ether oxygens (including phenoxy) is 1. The fraction of sp³-hybridized carbons (Fsp3) is 0.333. The molecule has 0 N–H and O–H groups in total. The van der Waals surface area contributed by atoms with Gasteiger partial charge in [0, 0.05) is 23.5 Å². The number of hydrogen-bond donors (Lipinski definition) is 0. The van der Waals surface area contributed by atoms with Gasteiger partial charge in [0.15, 0.2) is 0 Å². The van der Waals surface area contributed by atoms with E-state index in [4.69, 9.17) is 4.74 Å². The van der Waals surface area contributed by atoms with Gasteiger partial charge in [-0.3, -0.25) is 0 Å². The summed E-state index contributed by atoms with van der Waals surface area (Å²) in [7, 11) is 0. The predicted molar refractivity (Wildman–Crippen MR) is 72.6 cm³/mol. The van der Waals surface area contributed by atoms with E-state index in [2.05, 4.69) is 35.9 Å². The van der Waals surface area contributed by atoms with Crippen LogP contribution in [0.2, 0.25) is 0 Å². The summed E-state index contributed by atoms with van der Waals surface area (Å²) >= 11 is 0. The van der Waals surface area contributed by atoms with Crippen LogP contribution in [0.5, 0.6) is 5.75 Å². The third kappa shape index (κ3) is 2.86. The summed E-state index contributed by atoms with van der Waals surface area (Å²) in [6.07, 6.45) is 7.19. The lowest BCUT2D eigenvalue weighted by atomic mass is 10.0. The Morgan fingerprint density at radius 2 is 1.89 bits per heavy atom. The highest BCUT2D eigenvalue weighted by Gasteiger charge is 2.07. The molecule has 3 nitrogen and oxygen atoms in total.